The van der Waals surface area contributed by atoms with E-state index >= 15 is 0 Å². The van der Waals surface area contributed by atoms with E-state index in [-0.39, 0.29) is 25.7 Å². The molecular weight excluding hydrogens is 456 g/mol. The van der Waals surface area contributed by atoms with Gasteiger partial charge in [-0.3, -0.25) is 19.2 Å². The number of carbonyl (C=O) groups is 5. The zero-order chi connectivity index (χ0) is 26.4. The lowest BCUT2D eigenvalue weighted by molar-refractivity contribution is -0.142. The molecule has 0 aromatic heterocycles. The average Bonchev–Trinajstić information content (AvgIpc) is 2.81. The summed E-state index contributed by atoms with van der Waals surface area (Å²) in [7, 11) is 0. The van der Waals surface area contributed by atoms with E-state index in [0.717, 1.165) is 5.56 Å². The minimum atomic E-state index is -1.35. The van der Waals surface area contributed by atoms with Crippen molar-refractivity contribution in [3.63, 3.8) is 0 Å². The summed E-state index contributed by atoms with van der Waals surface area (Å²) < 4.78 is 0. The largest absolute Gasteiger partial charge is 0.480 e. The van der Waals surface area contributed by atoms with Crippen LogP contribution in [0.4, 0.5) is 0 Å². The van der Waals surface area contributed by atoms with Gasteiger partial charge in [0.25, 0.3) is 0 Å². The van der Waals surface area contributed by atoms with E-state index in [0.29, 0.717) is 19.4 Å². The number of carboxylic acids is 1. The molecule has 0 bridgehead atoms. The first-order valence-electron chi connectivity index (χ1n) is 11.5. The summed E-state index contributed by atoms with van der Waals surface area (Å²) in [6.45, 7) is 1.83. The second-order valence-corrected chi connectivity index (χ2v) is 8.28. The molecule has 12 nitrogen and oxygen atoms in total. The van der Waals surface area contributed by atoms with E-state index in [1.165, 1.54) is 6.92 Å². The number of carboxylic acid groups (broad SMARTS) is 1. The topological polar surface area (TPSA) is 220 Å². The van der Waals surface area contributed by atoms with Gasteiger partial charge in [-0.25, -0.2) is 4.79 Å². The number of rotatable bonds is 16. The SMILES string of the molecule is CC(NC(=O)C(N)Cc1ccccc1)C(=O)NC(CCCCN)C(=O)NC(CCC(N)=O)C(=O)O. The lowest BCUT2D eigenvalue weighted by Gasteiger charge is -2.24. The average molecular weight is 493 g/mol. The van der Waals surface area contributed by atoms with E-state index in [1.807, 2.05) is 30.3 Å². The zero-order valence-electron chi connectivity index (χ0n) is 19.9. The van der Waals surface area contributed by atoms with Gasteiger partial charge in [0.1, 0.15) is 18.1 Å². The Labute approximate surface area is 204 Å². The predicted molar refractivity (Wildman–Crippen MR) is 129 cm³/mol. The number of amides is 4. The number of aliphatic carboxylic acids is 1. The molecule has 1 aromatic rings. The maximum Gasteiger partial charge on any atom is 0.326 e. The van der Waals surface area contributed by atoms with Crippen LogP contribution < -0.4 is 33.2 Å². The number of hydrogen-bond donors (Lipinski definition) is 7. The smallest absolute Gasteiger partial charge is 0.326 e. The van der Waals surface area contributed by atoms with Crippen molar-refractivity contribution in [2.75, 3.05) is 6.54 Å². The fraction of sp³-hybridized carbons (Fsp3) is 0.522. The lowest BCUT2D eigenvalue weighted by Crippen LogP contribution is -2.56. The zero-order valence-corrected chi connectivity index (χ0v) is 19.9. The van der Waals surface area contributed by atoms with Gasteiger partial charge in [-0.2, -0.15) is 0 Å². The molecule has 0 aliphatic heterocycles. The number of unbranched alkanes of at least 4 members (excludes halogenated alkanes) is 1. The van der Waals surface area contributed by atoms with Gasteiger partial charge in [0.15, 0.2) is 0 Å². The number of nitrogens with one attached hydrogen (secondary N) is 3. The van der Waals surface area contributed by atoms with Crippen LogP contribution in [0.25, 0.3) is 0 Å². The van der Waals surface area contributed by atoms with Gasteiger partial charge in [0.2, 0.25) is 23.6 Å². The van der Waals surface area contributed by atoms with Gasteiger partial charge < -0.3 is 38.3 Å². The molecular formula is C23H36N6O6. The van der Waals surface area contributed by atoms with Gasteiger partial charge in [0.05, 0.1) is 6.04 Å². The Kier molecular flexibility index (Phi) is 13.0. The molecule has 194 valence electrons. The Balaban J connectivity index is 2.75. The monoisotopic (exact) mass is 492 g/mol. The molecule has 1 aromatic carbocycles. The van der Waals surface area contributed by atoms with Crippen LogP contribution in [0.15, 0.2) is 30.3 Å². The first-order chi connectivity index (χ1) is 16.5. The molecule has 0 aliphatic rings. The van der Waals surface area contributed by atoms with Crippen molar-refractivity contribution < 1.29 is 29.1 Å². The highest BCUT2D eigenvalue weighted by Crippen LogP contribution is 2.06. The third-order valence-electron chi connectivity index (χ3n) is 5.26. The summed E-state index contributed by atoms with van der Waals surface area (Å²) >= 11 is 0. The standard InChI is InChI=1S/C23H36N6O6/c1-14(27-21(32)16(25)13-15-7-3-2-4-8-15)20(31)28-17(9-5-6-12-24)22(33)29-18(23(34)35)10-11-19(26)30/h2-4,7-8,14,16-18H,5-6,9-13,24-25H2,1H3,(H2,26,30)(H,27,32)(H,28,31)(H,29,33)(H,34,35). The molecule has 35 heavy (non-hydrogen) atoms. The molecule has 4 atom stereocenters. The van der Waals surface area contributed by atoms with Crippen LogP contribution in [0.2, 0.25) is 0 Å². The Hall–Kier alpha value is -3.51. The van der Waals surface area contributed by atoms with Crippen LogP contribution in [-0.2, 0) is 30.4 Å². The second-order valence-electron chi connectivity index (χ2n) is 8.28. The molecule has 0 saturated carbocycles. The maximum atomic E-state index is 12.7. The summed E-state index contributed by atoms with van der Waals surface area (Å²) in [6.07, 6.45) is 1.15. The molecule has 10 N–H and O–H groups in total. The fourth-order valence-electron chi connectivity index (χ4n) is 3.22. The van der Waals surface area contributed by atoms with Gasteiger partial charge in [-0.05, 0) is 51.1 Å². The van der Waals surface area contributed by atoms with E-state index in [4.69, 9.17) is 17.2 Å². The molecule has 12 heteroatoms. The van der Waals surface area contributed by atoms with Crippen LogP contribution in [0.1, 0.15) is 44.6 Å². The van der Waals surface area contributed by atoms with Gasteiger partial charge in [0, 0.05) is 6.42 Å². The number of benzene rings is 1. The minimum absolute atomic E-state index is 0.189. The molecule has 0 saturated heterocycles. The lowest BCUT2D eigenvalue weighted by atomic mass is 10.1. The molecule has 4 amide bonds. The van der Waals surface area contributed by atoms with Crippen LogP contribution in [-0.4, -0.2) is 65.4 Å². The maximum absolute atomic E-state index is 12.7. The van der Waals surface area contributed by atoms with Crippen LogP contribution in [0, 0.1) is 0 Å². The van der Waals surface area contributed by atoms with Crippen molar-refractivity contribution in [3.05, 3.63) is 35.9 Å². The van der Waals surface area contributed by atoms with Crippen LogP contribution in [0.3, 0.4) is 0 Å². The highest BCUT2D eigenvalue weighted by Gasteiger charge is 2.28. The van der Waals surface area contributed by atoms with Crippen molar-refractivity contribution in [2.45, 2.75) is 69.6 Å². The van der Waals surface area contributed by atoms with Crippen molar-refractivity contribution >= 4 is 29.6 Å². The highest BCUT2D eigenvalue weighted by molar-refractivity contribution is 5.94. The molecule has 0 fully saturated rings. The summed E-state index contributed by atoms with van der Waals surface area (Å²) in [4.78, 5) is 60.3. The summed E-state index contributed by atoms with van der Waals surface area (Å²) in [6, 6.07) is 4.88. The first kappa shape index (κ1) is 29.5. The Morgan fingerprint density at radius 1 is 0.886 bits per heavy atom. The number of carbonyl (C=O) groups excluding carboxylic acids is 4. The third-order valence-corrected chi connectivity index (χ3v) is 5.26. The van der Waals surface area contributed by atoms with Crippen molar-refractivity contribution in [1.82, 2.24) is 16.0 Å². The molecule has 1 rings (SSSR count). The Morgan fingerprint density at radius 3 is 2.09 bits per heavy atom. The first-order valence-corrected chi connectivity index (χ1v) is 11.5. The van der Waals surface area contributed by atoms with Crippen LogP contribution in [0.5, 0.6) is 0 Å². The van der Waals surface area contributed by atoms with E-state index in [2.05, 4.69) is 16.0 Å². The van der Waals surface area contributed by atoms with Gasteiger partial charge in [-0.15, -0.1) is 0 Å². The van der Waals surface area contributed by atoms with Gasteiger partial charge in [-0.1, -0.05) is 30.3 Å². The van der Waals surface area contributed by atoms with Crippen LogP contribution >= 0.6 is 0 Å². The van der Waals surface area contributed by atoms with E-state index < -0.39 is 53.8 Å². The molecule has 0 spiro atoms. The normalized spacial score (nSPS) is 14.1. The molecule has 0 aliphatic carbocycles. The third kappa shape index (κ3) is 11.5. The predicted octanol–water partition coefficient (Wildman–Crippen LogP) is -1.49. The number of primary amides is 1. The summed E-state index contributed by atoms with van der Waals surface area (Å²) in [5.74, 6) is -3.93. The van der Waals surface area contributed by atoms with Crippen molar-refractivity contribution in [1.29, 1.82) is 0 Å². The summed E-state index contributed by atoms with van der Waals surface area (Å²) in [5.41, 5.74) is 17.4. The number of hydrogen-bond acceptors (Lipinski definition) is 7. The highest BCUT2D eigenvalue weighted by atomic mass is 16.4. The Morgan fingerprint density at radius 2 is 1.51 bits per heavy atom. The Bertz CT molecular complexity index is 865. The second kappa shape index (κ2) is 15.4. The number of nitrogens with two attached hydrogens (primary N) is 3. The quantitative estimate of drug-likeness (QED) is 0.134. The van der Waals surface area contributed by atoms with E-state index in [9.17, 15) is 29.1 Å². The van der Waals surface area contributed by atoms with E-state index in [1.54, 1.807) is 0 Å². The fourth-order valence-corrected chi connectivity index (χ4v) is 3.22. The molecule has 0 heterocycles. The van der Waals surface area contributed by atoms with Crippen molar-refractivity contribution in [3.8, 4) is 0 Å². The molecule has 0 radical (unpaired) electrons. The summed E-state index contributed by atoms with van der Waals surface area (Å²) in [5, 5.41) is 16.7. The minimum Gasteiger partial charge on any atom is -0.480 e. The van der Waals surface area contributed by atoms with Gasteiger partial charge >= 0.3 is 5.97 Å². The van der Waals surface area contributed by atoms with Crippen molar-refractivity contribution in [2.24, 2.45) is 17.2 Å². The molecule has 4 unspecified atom stereocenters.